The van der Waals surface area contributed by atoms with E-state index in [1.54, 1.807) is 13.2 Å². The van der Waals surface area contributed by atoms with Gasteiger partial charge in [0.15, 0.2) is 11.5 Å². The van der Waals surface area contributed by atoms with Gasteiger partial charge in [0.25, 0.3) is 11.6 Å². The Labute approximate surface area is 209 Å². The van der Waals surface area contributed by atoms with Crippen molar-refractivity contribution in [3.05, 3.63) is 99.6 Å². The molecule has 3 aromatic carbocycles. The summed E-state index contributed by atoms with van der Waals surface area (Å²) < 4.78 is 11.4. The molecule has 8 nitrogen and oxygen atoms in total. The fourth-order valence-corrected chi connectivity index (χ4v) is 3.84. The Morgan fingerprint density at radius 2 is 1.75 bits per heavy atom. The largest absolute Gasteiger partial charge is 0.493 e. The highest BCUT2D eigenvalue weighted by Crippen LogP contribution is 2.32. The highest BCUT2D eigenvalue weighted by molar-refractivity contribution is 6.37. The van der Waals surface area contributed by atoms with E-state index in [-0.39, 0.29) is 11.6 Å². The number of nitro benzene ring substituents is 1. The summed E-state index contributed by atoms with van der Waals surface area (Å²) in [5.41, 5.74) is 2.85. The minimum atomic E-state index is -0.481. The van der Waals surface area contributed by atoms with Crippen molar-refractivity contribution >= 4 is 29.1 Å². The van der Waals surface area contributed by atoms with Crippen molar-refractivity contribution in [2.45, 2.75) is 26.2 Å². The number of non-ortho nitro benzene ring substituents is 1. The Balaban J connectivity index is 1.71. The molecule has 0 aliphatic carbocycles. The molecule has 0 unspecified atom stereocenters. The zero-order chi connectivity index (χ0) is 25.5. The quantitative estimate of drug-likeness (QED) is 0.152. The van der Waals surface area contributed by atoms with Gasteiger partial charge in [-0.2, -0.15) is 10.1 Å². The van der Waals surface area contributed by atoms with Crippen LogP contribution in [-0.4, -0.2) is 30.3 Å². The highest BCUT2D eigenvalue weighted by atomic mass is 16.6. The van der Waals surface area contributed by atoms with Gasteiger partial charge in [-0.05, 0) is 42.3 Å². The van der Waals surface area contributed by atoms with E-state index in [4.69, 9.17) is 9.47 Å². The molecular formula is C28H27N3O5. The lowest BCUT2D eigenvalue weighted by molar-refractivity contribution is -0.384. The van der Waals surface area contributed by atoms with E-state index in [0.29, 0.717) is 35.1 Å². The molecule has 8 heteroatoms. The second-order valence-corrected chi connectivity index (χ2v) is 8.23. The lowest BCUT2D eigenvalue weighted by atomic mass is 10.00. The van der Waals surface area contributed by atoms with Crippen LogP contribution in [0.5, 0.6) is 11.5 Å². The molecule has 36 heavy (non-hydrogen) atoms. The highest BCUT2D eigenvalue weighted by Gasteiger charge is 2.32. The Morgan fingerprint density at radius 3 is 2.42 bits per heavy atom. The van der Waals surface area contributed by atoms with Crippen molar-refractivity contribution in [1.29, 1.82) is 0 Å². The number of amides is 1. The van der Waals surface area contributed by atoms with Crippen molar-refractivity contribution < 1.29 is 19.2 Å². The van der Waals surface area contributed by atoms with Crippen LogP contribution in [0.1, 0.15) is 37.3 Å². The summed E-state index contributed by atoms with van der Waals surface area (Å²) in [6.45, 7) is 2.71. The van der Waals surface area contributed by atoms with Gasteiger partial charge < -0.3 is 9.47 Å². The van der Waals surface area contributed by atoms with Gasteiger partial charge in [0, 0.05) is 17.7 Å². The molecule has 1 aliphatic rings. The summed E-state index contributed by atoms with van der Waals surface area (Å²) >= 11 is 0. The molecule has 3 aromatic rings. The fraction of sp³-hybridized carbons (Fsp3) is 0.214. The third-order valence-electron chi connectivity index (χ3n) is 5.73. The smallest absolute Gasteiger partial charge is 0.281 e. The first-order valence-corrected chi connectivity index (χ1v) is 11.8. The lowest BCUT2D eigenvalue weighted by Gasteiger charge is -2.12. The van der Waals surface area contributed by atoms with Crippen LogP contribution in [0.15, 0.2) is 83.5 Å². The van der Waals surface area contributed by atoms with Crippen molar-refractivity contribution in [1.82, 2.24) is 0 Å². The molecule has 4 rings (SSSR count). The summed E-state index contributed by atoms with van der Waals surface area (Å²) in [5, 5.41) is 16.9. The molecule has 0 saturated heterocycles. The molecule has 0 spiro atoms. The van der Waals surface area contributed by atoms with E-state index in [1.807, 2.05) is 48.5 Å². The van der Waals surface area contributed by atoms with Crippen LogP contribution in [0.3, 0.4) is 0 Å². The summed E-state index contributed by atoms with van der Waals surface area (Å²) in [5.74, 6) is 0.901. The van der Waals surface area contributed by atoms with E-state index in [2.05, 4.69) is 12.0 Å². The average molecular weight is 486 g/mol. The molecule has 1 aliphatic heterocycles. The first kappa shape index (κ1) is 24.7. The molecule has 0 fully saturated rings. The van der Waals surface area contributed by atoms with Gasteiger partial charge in [0.05, 0.1) is 29.9 Å². The van der Waals surface area contributed by atoms with Crippen molar-refractivity contribution in [3.63, 3.8) is 0 Å². The maximum Gasteiger partial charge on any atom is 0.281 e. The van der Waals surface area contributed by atoms with Gasteiger partial charge in [0.1, 0.15) is 5.71 Å². The van der Waals surface area contributed by atoms with E-state index in [1.165, 1.54) is 29.3 Å². The monoisotopic (exact) mass is 485 g/mol. The van der Waals surface area contributed by atoms with Crippen LogP contribution in [-0.2, 0) is 4.79 Å². The Bertz CT molecular complexity index is 1300. The number of nitro groups is 1. The molecule has 0 saturated carbocycles. The Morgan fingerprint density at radius 1 is 1.00 bits per heavy atom. The Kier molecular flexibility index (Phi) is 7.75. The third-order valence-corrected chi connectivity index (χ3v) is 5.73. The SMILES string of the molecule is CCCCCOc1cc(/C=C2/C(=O)N(c3ccc([N+](=O)[O-])cc3)N=C2c2ccccc2)ccc1OC. The van der Waals surface area contributed by atoms with Gasteiger partial charge >= 0.3 is 0 Å². The first-order valence-electron chi connectivity index (χ1n) is 11.8. The summed E-state index contributed by atoms with van der Waals surface area (Å²) in [6.07, 6.45) is 4.90. The number of ether oxygens (including phenoxy) is 2. The summed E-state index contributed by atoms with van der Waals surface area (Å²) in [6, 6.07) is 20.7. The summed E-state index contributed by atoms with van der Waals surface area (Å²) in [4.78, 5) is 24.1. The number of hydrogen-bond donors (Lipinski definition) is 0. The predicted octanol–water partition coefficient (Wildman–Crippen LogP) is 6.01. The number of nitrogens with zero attached hydrogens (tertiary/aromatic N) is 3. The fourth-order valence-electron chi connectivity index (χ4n) is 3.84. The zero-order valence-electron chi connectivity index (χ0n) is 20.2. The maximum atomic E-state index is 13.5. The summed E-state index contributed by atoms with van der Waals surface area (Å²) in [7, 11) is 1.59. The maximum absolute atomic E-state index is 13.5. The topological polar surface area (TPSA) is 94.3 Å². The van der Waals surface area contributed by atoms with E-state index < -0.39 is 4.92 Å². The molecule has 0 aromatic heterocycles. The van der Waals surface area contributed by atoms with E-state index in [0.717, 1.165) is 30.4 Å². The number of benzene rings is 3. The molecule has 0 atom stereocenters. The second-order valence-electron chi connectivity index (χ2n) is 8.23. The Hall–Kier alpha value is -4.46. The molecule has 0 radical (unpaired) electrons. The number of carbonyl (C=O) groups excluding carboxylic acids is 1. The number of hydrogen-bond acceptors (Lipinski definition) is 6. The molecule has 0 bridgehead atoms. The number of hydrazone groups is 1. The van der Waals surface area contributed by atoms with E-state index >= 15 is 0 Å². The second kappa shape index (κ2) is 11.3. The van der Waals surface area contributed by atoms with Crippen LogP contribution < -0.4 is 14.5 Å². The van der Waals surface area contributed by atoms with Crippen LogP contribution in [0, 0.1) is 10.1 Å². The standard InChI is InChI=1S/C28H27N3O5/c1-3-4-8-17-36-26-19-20(11-16-25(26)35-2)18-24-27(21-9-6-5-7-10-21)29-30(28(24)32)22-12-14-23(15-13-22)31(33)34/h5-7,9-16,18-19H,3-4,8,17H2,1-2H3/b24-18+. The van der Waals surface area contributed by atoms with Gasteiger partial charge in [-0.1, -0.05) is 56.2 Å². The minimum absolute atomic E-state index is 0.0573. The van der Waals surface area contributed by atoms with Crippen LogP contribution >= 0.6 is 0 Å². The van der Waals surface area contributed by atoms with Gasteiger partial charge in [0.2, 0.25) is 0 Å². The third kappa shape index (κ3) is 5.43. The molecule has 1 heterocycles. The van der Waals surface area contributed by atoms with Crippen LogP contribution in [0.25, 0.3) is 6.08 Å². The molecule has 184 valence electrons. The minimum Gasteiger partial charge on any atom is -0.493 e. The lowest BCUT2D eigenvalue weighted by Crippen LogP contribution is -2.21. The van der Waals surface area contributed by atoms with Gasteiger partial charge in [-0.25, -0.2) is 0 Å². The number of carbonyl (C=O) groups is 1. The number of unbranched alkanes of at least 4 members (excludes halogenated alkanes) is 2. The van der Waals surface area contributed by atoms with E-state index in [9.17, 15) is 14.9 Å². The number of rotatable bonds is 10. The normalized spacial score (nSPS) is 14.2. The van der Waals surface area contributed by atoms with Crippen LogP contribution in [0.4, 0.5) is 11.4 Å². The van der Waals surface area contributed by atoms with Crippen molar-refractivity contribution in [3.8, 4) is 11.5 Å². The molecule has 1 amide bonds. The predicted molar refractivity (Wildman–Crippen MR) is 140 cm³/mol. The average Bonchev–Trinajstić information content (AvgIpc) is 3.23. The van der Waals surface area contributed by atoms with Crippen molar-refractivity contribution in [2.75, 3.05) is 18.7 Å². The zero-order valence-corrected chi connectivity index (χ0v) is 20.2. The molecular weight excluding hydrogens is 458 g/mol. The molecule has 0 N–H and O–H groups in total. The number of methoxy groups -OCH3 is 1. The first-order chi connectivity index (χ1) is 17.5. The van der Waals surface area contributed by atoms with Gasteiger partial charge in [-0.3, -0.25) is 14.9 Å². The van der Waals surface area contributed by atoms with Crippen molar-refractivity contribution in [2.24, 2.45) is 5.10 Å². The number of anilines is 1. The van der Waals surface area contributed by atoms with Gasteiger partial charge in [-0.15, -0.1) is 0 Å². The van der Waals surface area contributed by atoms with Crippen LogP contribution in [0.2, 0.25) is 0 Å².